The zero-order valence-corrected chi connectivity index (χ0v) is 27.6. The SMILES string of the molecule is CC(C)(C)NC(=O)NC(C(=O)N1CCCC1C(=O)NC(CC1CC1)C(=O)C(=O)NCC(=O)NC(C=O)c1ccccc1)C(C)(C)C. The number of likely N-dealkylation sites (tertiary alicyclic amines) is 1. The van der Waals surface area contributed by atoms with E-state index in [0.717, 1.165) is 12.8 Å². The third kappa shape index (κ3) is 10.7. The van der Waals surface area contributed by atoms with Gasteiger partial charge in [0.25, 0.3) is 5.91 Å². The molecule has 4 unspecified atom stereocenters. The molecule has 1 aromatic rings. The summed E-state index contributed by atoms with van der Waals surface area (Å²) in [5, 5.41) is 13.1. The van der Waals surface area contributed by atoms with Gasteiger partial charge in [0, 0.05) is 12.1 Å². The van der Waals surface area contributed by atoms with Gasteiger partial charge in [0.05, 0.1) is 12.6 Å². The Hall–Kier alpha value is -4.29. The molecule has 5 N–H and O–H groups in total. The summed E-state index contributed by atoms with van der Waals surface area (Å²) in [5.74, 6) is -3.40. The summed E-state index contributed by atoms with van der Waals surface area (Å²) in [5.41, 5.74) is -0.625. The summed E-state index contributed by atoms with van der Waals surface area (Å²) in [6, 6.07) is 4.20. The van der Waals surface area contributed by atoms with Crippen LogP contribution in [0.5, 0.6) is 0 Å². The van der Waals surface area contributed by atoms with Gasteiger partial charge in [0.1, 0.15) is 24.4 Å². The number of nitrogens with one attached hydrogen (secondary N) is 5. The van der Waals surface area contributed by atoms with E-state index in [1.54, 1.807) is 30.3 Å². The van der Waals surface area contributed by atoms with Crippen molar-refractivity contribution in [3.8, 4) is 0 Å². The summed E-state index contributed by atoms with van der Waals surface area (Å²) in [7, 11) is 0. The summed E-state index contributed by atoms with van der Waals surface area (Å²) in [6.07, 6.45) is 3.46. The molecule has 1 saturated heterocycles. The van der Waals surface area contributed by atoms with Crippen LogP contribution in [0.4, 0.5) is 4.79 Å². The number of hydrogen-bond acceptors (Lipinski definition) is 7. The Balaban J connectivity index is 1.64. The zero-order chi connectivity index (χ0) is 34.2. The Morgan fingerprint density at radius 2 is 1.57 bits per heavy atom. The van der Waals surface area contributed by atoms with E-state index in [-0.39, 0.29) is 12.3 Å². The first-order chi connectivity index (χ1) is 21.5. The minimum Gasteiger partial charge on any atom is -0.344 e. The van der Waals surface area contributed by atoms with Crippen LogP contribution in [-0.4, -0.2) is 83.4 Å². The van der Waals surface area contributed by atoms with Crippen LogP contribution in [0.15, 0.2) is 30.3 Å². The fourth-order valence-electron chi connectivity index (χ4n) is 5.30. The van der Waals surface area contributed by atoms with Crippen molar-refractivity contribution in [2.75, 3.05) is 13.1 Å². The average Bonchev–Trinajstić information content (AvgIpc) is 3.66. The van der Waals surface area contributed by atoms with Crippen LogP contribution in [0.3, 0.4) is 0 Å². The summed E-state index contributed by atoms with van der Waals surface area (Å²) in [4.78, 5) is 91.4. The Kier molecular flexibility index (Phi) is 12.1. The van der Waals surface area contributed by atoms with Crippen molar-refractivity contribution in [1.82, 2.24) is 31.5 Å². The second-order valence-electron chi connectivity index (χ2n) is 14.2. The predicted octanol–water partition coefficient (Wildman–Crippen LogP) is 1.52. The molecule has 1 aromatic carbocycles. The monoisotopic (exact) mass is 640 g/mol. The van der Waals surface area contributed by atoms with Crippen molar-refractivity contribution in [2.45, 2.75) is 103 Å². The first-order valence-corrected chi connectivity index (χ1v) is 15.8. The zero-order valence-electron chi connectivity index (χ0n) is 27.6. The Bertz CT molecular complexity index is 1300. The maximum Gasteiger partial charge on any atom is 0.315 e. The molecule has 0 spiro atoms. The van der Waals surface area contributed by atoms with Crippen molar-refractivity contribution in [3.05, 3.63) is 35.9 Å². The number of benzene rings is 1. The first-order valence-electron chi connectivity index (χ1n) is 15.8. The molecule has 2 fully saturated rings. The highest BCUT2D eigenvalue weighted by Crippen LogP contribution is 2.34. The molecule has 6 amide bonds. The van der Waals surface area contributed by atoms with Crippen molar-refractivity contribution < 1.29 is 33.6 Å². The van der Waals surface area contributed by atoms with Gasteiger partial charge in [-0.1, -0.05) is 63.9 Å². The highest BCUT2D eigenvalue weighted by molar-refractivity contribution is 6.38. The van der Waals surface area contributed by atoms with E-state index in [0.29, 0.717) is 31.2 Å². The molecule has 1 heterocycles. The summed E-state index contributed by atoms with van der Waals surface area (Å²) >= 11 is 0. The number of hydrogen-bond donors (Lipinski definition) is 5. The Labute approximate surface area is 270 Å². The topological polar surface area (TPSA) is 183 Å². The summed E-state index contributed by atoms with van der Waals surface area (Å²) < 4.78 is 0. The van der Waals surface area contributed by atoms with E-state index in [2.05, 4.69) is 26.6 Å². The molecule has 0 aromatic heterocycles. The van der Waals surface area contributed by atoms with Gasteiger partial charge in [0.15, 0.2) is 0 Å². The minimum absolute atomic E-state index is 0.168. The molecule has 4 atom stereocenters. The van der Waals surface area contributed by atoms with Gasteiger partial charge in [-0.2, -0.15) is 0 Å². The number of amides is 6. The highest BCUT2D eigenvalue weighted by Gasteiger charge is 2.43. The smallest absolute Gasteiger partial charge is 0.315 e. The van der Waals surface area contributed by atoms with Gasteiger partial charge in [-0.3, -0.25) is 24.0 Å². The minimum atomic E-state index is -1.14. The number of carbonyl (C=O) groups is 7. The lowest BCUT2D eigenvalue weighted by Crippen LogP contribution is -2.61. The van der Waals surface area contributed by atoms with E-state index in [1.807, 2.05) is 41.5 Å². The van der Waals surface area contributed by atoms with Crippen molar-refractivity contribution in [1.29, 1.82) is 0 Å². The van der Waals surface area contributed by atoms with Crippen LogP contribution in [0, 0.1) is 11.3 Å². The maximum atomic E-state index is 13.8. The molecule has 13 nitrogen and oxygen atoms in total. The van der Waals surface area contributed by atoms with E-state index in [1.165, 1.54) is 4.90 Å². The van der Waals surface area contributed by atoms with Gasteiger partial charge in [-0.05, 0) is 56.9 Å². The van der Waals surface area contributed by atoms with Crippen LogP contribution in [0.1, 0.15) is 85.3 Å². The van der Waals surface area contributed by atoms with Gasteiger partial charge in [-0.25, -0.2) is 4.79 Å². The molecule has 1 aliphatic carbocycles. The van der Waals surface area contributed by atoms with E-state index < -0.39 is 77.1 Å². The third-order valence-corrected chi connectivity index (χ3v) is 7.86. The molecule has 3 rings (SSSR count). The Morgan fingerprint density at radius 3 is 2.13 bits per heavy atom. The normalized spacial score (nSPS) is 18.4. The lowest BCUT2D eigenvalue weighted by molar-refractivity contribution is -0.144. The second kappa shape index (κ2) is 15.3. The van der Waals surface area contributed by atoms with Gasteiger partial charge in [-0.15, -0.1) is 0 Å². The molecule has 0 radical (unpaired) electrons. The Morgan fingerprint density at radius 1 is 0.913 bits per heavy atom. The van der Waals surface area contributed by atoms with Crippen molar-refractivity contribution in [2.24, 2.45) is 11.3 Å². The van der Waals surface area contributed by atoms with Crippen LogP contribution in [-0.2, 0) is 28.8 Å². The largest absolute Gasteiger partial charge is 0.344 e. The number of urea groups is 1. The van der Waals surface area contributed by atoms with Gasteiger partial charge < -0.3 is 36.3 Å². The lowest BCUT2D eigenvalue weighted by atomic mass is 9.85. The molecule has 46 heavy (non-hydrogen) atoms. The van der Waals surface area contributed by atoms with Gasteiger partial charge >= 0.3 is 6.03 Å². The molecule has 1 saturated carbocycles. The van der Waals surface area contributed by atoms with Crippen LogP contribution >= 0.6 is 0 Å². The fourth-order valence-corrected chi connectivity index (χ4v) is 5.30. The number of nitrogens with zero attached hydrogens (tertiary/aromatic N) is 1. The maximum absolute atomic E-state index is 13.8. The van der Waals surface area contributed by atoms with Crippen molar-refractivity contribution in [3.63, 3.8) is 0 Å². The average molecular weight is 641 g/mol. The number of aldehydes is 1. The molecular formula is C33H48N6O7. The number of rotatable bonds is 13. The number of carbonyl (C=O) groups excluding carboxylic acids is 7. The number of ketones is 1. The predicted molar refractivity (Wildman–Crippen MR) is 170 cm³/mol. The summed E-state index contributed by atoms with van der Waals surface area (Å²) in [6.45, 7) is 10.7. The van der Waals surface area contributed by atoms with Crippen molar-refractivity contribution >= 4 is 41.7 Å². The molecular weight excluding hydrogens is 592 g/mol. The molecule has 13 heteroatoms. The standard InChI is InChI=1S/C33H48N6O7/c1-32(2,3)27(37-31(46)38-33(4,5)6)30(45)39-16-10-13-24(39)28(43)36-22(17-20-14-15-20)26(42)29(44)34-18-25(41)35-23(19-40)21-11-8-7-9-12-21/h7-9,11-12,19-20,22-24,27H,10,13-18H2,1-6H3,(H,34,44)(H,35,41)(H,36,43)(H2,37,38,46). The third-order valence-electron chi connectivity index (χ3n) is 7.86. The van der Waals surface area contributed by atoms with Crippen LogP contribution < -0.4 is 26.6 Å². The first kappa shape index (κ1) is 36.2. The van der Waals surface area contributed by atoms with E-state index in [4.69, 9.17) is 0 Å². The molecule has 1 aliphatic heterocycles. The van der Waals surface area contributed by atoms with E-state index >= 15 is 0 Å². The van der Waals surface area contributed by atoms with Gasteiger partial charge in [0.2, 0.25) is 23.5 Å². The molecule has 0 bridgehead atoms. The number of Topliss-reactive ketones (excluding diaryl/α,β-unsaturated/α-hetero) is 1. The lowest BCUT2D eigenvalue weighted by Gasteiger charge is -2.36. The molecule has 252 valence electrons. The second-order valence-corrected chi connectivity index (χ2v) is 14.2. The van der Waals surface area contributed by atoms with Crippen LogP contribution in [0.25, 0.3) is 0 Å². The van der Waals surface area contributed by atoms with E-state index in [9.17, 15) is 33.6 Å². The molecule has 2 aliphatic rings. The van der Waals surface area contributed by atoms with Crippen LogP contribution in [0.2, 0.25) is 0 Å². The quantitative estimate of drug-likeness (QED) is 0.160. The fraction of sp³-hybridized carbons (Fsp3) is 0.606. The highest BCUT2D eigenvalue weighted by atomic mass is 16.2.